The van der Waals surface area contributed by atoms with Crippen molar-refractivity contribution in [3.8, 4) is 11.3 Å². The van der Waals surface area contributed by atoms with Gasteiger partial charge in [0.05, 0.1) is 23.2 Å². The average Bonchev–Trinajstić information content (AvgIpc) is 3.22. The minimum Gasteiger partial charge on any atom is -0.340 e. The van der Waals surface area contributed by atoms with E-state index < -0.39 is 0 Å². The molecule has 4 nitrogen and oxygen atoms in total. The van der Waals surface area contributed by atoms with Crippen molar-refractivity contribution in [3.63, 3.8) is 0 Å². The molecule has 0 aliphatic carbocycles. The summed E-state index contributed by atoms with van der Waals surface area (Å²) in [4.78, 5) is 22.4. The van der Waals surface area contributed by atoms with E-state index in [1.165, 1.54) is 0 Å². The fraction of sp³-hybridized carbons (Fsp3) is 0.412. The molecule has 1 amide bonds. The average molecular weight is 350 g/mol. The van der Waals surface area contributed by atoms with Gasteiger partial charge in [-0.2, -0.15) is 11.8 Å². The molecule has 2 aromatic rings. The van der Waals surface area contributed by atoms with E-state index in [4.69, 9.17) is 11.6 Å². The number of hydrogen-bond acceptors (Lipinski definition) is 3. The maximum atomic E-state index is 12.5. The quantitative estimate of drug-likeness (QED) is 0.902. The summed E-state index contributed by atoms with van der Waals surface area (Å²) in [5.41, 5.74) is 1.82. The first-order valence-corrected chi connectivity index (χ1v) is 9.41. The van der Waals surface area contributed by atoms with Crippen LogP contribution in [0, 0.1) is 0 Å². The number of aromatic amines is 1. The fourth-order valence-corrected chi connectivity index (χ4v) is 3.55. The minimum atomic E-state index is -0.0198. The Labute approximate surface area is 145 Å². The molecule has 1 aromatic heterocycles. The summed E-state index contributed by atoms with van der Waals surface area (Å²) in [6.45, 7) is 2.76. The molecule has 122 valence electrons. The maximum Gasteiger partial charge on any atom is 0.236 e. The van der Waals surface area contributed by atoms with Crippen molar-refractivity contribution in [2.75, 3.05) is 12.8 Å². The molecule has 1 aromatic carbocycles. The second-order valence-corrected chi connectivity index (χ2v) is 7.32. The van der Waals surface area contributed by atoms with Gasteiger partial charge < -0.3 is 9.88 Å². The van der Waals surface area contributed by atoms with Crippen LogP contribution in [-0.4, -0.2) is 38.8 Å². The van der Waals surface area contributed by atoms with Crippen molar-refractivity contribution < 1.29 is 4.79 Å². The highest BCUT2D eigenvalue weighted by atomic mass is 35.5. The lowest BCUT2D eigenvalue weighted by molar-refractivity contribution is -0.131. The highest BCUT2D eigenvalue weighted by molar-refractivity contribution is 7.99. The van der Waals surface area contributed by atoms with Crippen LogP contribution < -0.4 is 0 Å². The van der Waals surface area contributed by atoms with Crippen molar-refractivity contribution >= 4 is 29.3 Å². The minimum absolute atomic E-state index is 0.0198. The standard InChI is InChI=1S/C17H20ClN3OS/c1-11(23-2)17(22)21-9-5-8-15(21)16-19-10-14(20-16)12-6-3-4-7-13(12)18/h3-4,6-7,10-11,15H,5,8-9H2,1-2H3,(H,19,20)/t11-,15+/m1/s1. The summed E-state index contributed by atoms with van der Waals surface area (Å²) < 4.78 is 0. The van der Waals surface area contributed by atoms with E-state index in [2.05, 4.69) is 9.97 Å². The summed E-state index contributed by atoms with van der Waals surface area (Å²) in [5, 5.41) is 0.673. The van der Waals surface area contributed by atoms with Crippen LogP contribution in [0.25, 0.3) is 11.3 Å². The highest BCUT2D eigenvalue weighted by Crippen LogP contribution is 2.34. The number of aromatic nitrogens is 2. The smallest absolute Gasteiger partial charge is 0.236 e. The van der Waals surface area contributed by atoms with Gasteiger partial charge in [-0.3, -0.25) is 4.79 Å². The second-order valence-electron chi connectivity index (χ2n) is 5.73. The summed E-state index contributed by atoms with van der Waals surface area (Å²) in [6, 6.07) is 7.72. The lowest BCUT2D eigenvalue weighted by atomic mass is 10.2. The molecule has 2 atom stereocenters. The molecule has 0 unspecified atom stereocenters. The van der Waals surface area contributed by atoms with E-state index in [1.807, 2.05) is 42.3 Å². The van der Waals surface area contributed by atoms with E-state index in [-0.39, 0.29) is 17.2 Å². The molecule has 1 saturated heterocycles. The molecule has 23 heavy (non-hydrogen) atoms. The number of hydrogen-bond donors (Lipinski definition) is 1. The van der Waals surface area contributed by atoms with Gasteiger partial charge in [-0.05, 0) is 32.1 Å². The van der Waals surface area contributed by atoms with Crippen LogP contribution in [0.2, 0.25) is 5.02 Å². The fourth-order valence-electron chi connectivity index (χ4n) is 2.97. The van der Waals surface area contributed by atoms with Crippen LogP contribution in [0.1, 0.15) is 31.6 Å². The number of carbonyl (C=O) groups excluding carboxylic acids is 1. The number of nitrogens with one attached hydrogen (secondary N) is 1. The van der Waals surface area contributed by atoms with Crippen molar-refractivity contribution in [1.29, 1.82) is 0 Å². The van der Waals surface area contributed by atoms with E-state index in [0.29, 0.717) is 5.02 Å². The normalized spacial score (nSPS) is 19.1. The number of carbonyl (C=O) groups is 1. The van der Waals surface area contributed by atoms with E-state index in [0.717, 1.165) is 36.5 Å². The zero-order valence-corrected chi connectivity index (χ0v) is 14.8. The molecule has 0 spiro atoms. The Balaban J connectivity index is 1.85. The van der Waals surface area contributed by atoms with Gasteiger partial charge in [-0.15, -0.1) is 0 Å². The highest BCUT2D eigenvalue weighted by Gasteiger charge is 2.33. The summed E-state index contributed by atoms with van der Waals surface area (Å²) in [5.74, 6) is 1.04. The molecule has 0 saturated carbocycles. The Kier molecular flexibility index (Phi) is 4.97. The SMILES string of the molecule is CS[C@H](C)C(=O)N1CCC[C@H]1c1ncc(-c2ccccc2Cl)[nH]1. The van der Waals surface area contributed by atoms with Gasteiger partial charge in [-0.1, -0.05) is 29.8 Å². The molecule has 1 fully saturated rings. The lowest BCUT2D eigenvalue weighted by Gasteiger charge is -2.25. The van der Waals surface area contributed by atoms with Gasteiger partial charge in [0.25, 0.3) is 0 Å². The monoisotopic (exact) mass is 349 g/mol. The number of halogens is 1. The maximum absolute atomic E-state index is 12.5. The number of imidazole rings is 1. The lowest BCUT2D eigenvalue weighted by Crippen LogP contribution is -2.36. The largest absolute Gasteiger partial charge is 0.340 e. The van der Waals surface area contributed by atoms with Gasteiger partial charge in [-0.25, -0.2) is 4.98 Å². The Morgan fingerprint density at radius 3 is 3.00 bits per heavy atom. The van der Waals surface area contributed by atoms with E-state index >= 15 is 0 Å². The summed E-state index contributed by atoms with van der Waals surface area (Å²) in [7, 11) is 0. The van der Waals surface area contributed by atoms with Crippen LogP contribution >= 0.6 is 23.4 Å². The third-order valence-corrected chi connectivity index (χ3v) is 5.55. The molecule has 1 aliphatic rings. The topological polar surface area (TPSA) is 49.0 Å². The molecular formula is C17H20ClN3OS. The predicted molar refractivity (Wildman–Crippen MR) is 95.7 cm³/mol. The molecule has 2 heterocycles. The predicted octanol–water partition coefficient (Wildman–Crippen LogP) is 4.15. The first-order chi connectivity index (χ1) is 11.1. The number of thioether (sulfide) groups is 1. The van der Waals surface area contributed by atoms with Crippen molar-refractivity contribution in [2.45, 2.75) is 31.1 Å². The number of amides is 1. The Hall–Kier alpha value is -1.46. The van der Waals surface area contributed by atoms with Crippen LogP contribution in [0.4, 0.5) is 0 Å². The Morgan fingerprint density at radius 2 is 2.26 bits per heavy atom. The Bertz CT molecular complexity index is 703. The van der Waals surface area contributed by atoms with Crippen LogP contribution in [-0.2, 0) is 4.79 Å². The molecule has 1 N–H and O–H groups in total. The number of nitrogens with zero attached hydrogens (tertiary/aromatic N) is 2. The second kappa shape index (κ2) is 6.97. The van der Waals surface area contributed by atoms with Crippen LogP contribution in [0.15, 0.2) is 30.5 Å². The van der Waals surface area contributed by atoms with E-state index in [9.17, 15) is 4.79 Å². The summed E-state index contributed by atoms with van der Waals surface area (Å²) in [6.07, 6.45) is 5.73. The summed E-state index contributed by atoms with van der Waals surface area (Å²) >= 11 is 7.83. The van der Waals surface area contributed by atoms with Crippen molar-refractivity contribution in [3.05, 3.63) is 41.3 Å². The van der Waals surface area contributed by atoms with E-state index in [1.54, 1.807) is 18.0 Å². The van der Waals surface area contributed by atoms with Gasteiger partial charge in [0.15, 0.2) is 0 Å². The Morgan fingerprint density at radius 1 is 1.48 bits per heavy atom. The number of rotatable bonds is 4. The third kappa shape index (κ3) is 3.26. The first kappa shape index (κ1) is 16.4. The number of benzene rings is 1. The van der Waals surface area contributed by atoms with Crippen LogP contribution in [0.3, 0.4) is 0 Å². The van der Waals surface area contributed by atoms with Crippen molar-refractivity contribution in [2.24, 2.45) is 0 Å². The molecule has 3 rings (SSSR count). The van der Waals surface area contributed by atoms with Crippen LogP contribution in [0.5, 0.6) is 0 Å². The zero-order chi connectivity index (χ0) is 16.4. The van der Waals surface area contributed by atoms with Gasteiger partial charge in [0, 0.05) is 17.1 Å². The number of likely N-dealkylation sites (tertiary alicyclic amines) is 1. The van der Waals surface area contributed by atoms with Gasteiger partial charge in [0.1, 0.15) is 5.82 Å². The molecular weight excluding hydrogens is 330 g/mol. The number of H-pyrrole nitrogens is 1. The van der Waals surface area contributed by atoms with Gasteiger partial charge in [0.2, 0.25) is 5.91 Å². The first-order valence-electron chi connectivity index (χ1n) is 7.75. The molecule has 0 bridgehead atoms. The zero-order valence-electron chi connectivity index (χ0n) is 13.3. The third-order valence-electron chi connectivity index (χ3n) is 4.31. The molecule has 6 heteroatoms. The molecule has 0 radical (unpaired) electrons. The van der Waals surface area contributed by atoms with Gasteiger partial charge >= 0.3 is 0 Å². The van der Waals surface area contributed by atoms with Crippen molar-refractivity contribution in [1.82, 2.24) is 14.9 Å². The molecule has 1 aliphatic heterocycles.